The van der Waals surface area contributed by atoms with Crippen LogP contribution in [0.15, 0.2) is 17.2 Å². The third-order valence-electron chi connectivity index (χ3n) is 4.47. The van der Waals surface area contributed by atoms with Gasteiger partial charge in [0.2, 0.25) is 0 Å². The van der Waals surface area contributed by atoms with E-state index >= 15 is 0 Å². The van der Waals surface area contributed by atoms with Gasteiger partial charge in [0.05, 0.1) is 24.5 Å². The molecule has 1 aromatic rings. The average molecular weight is 378 g/mol. The maximum absolute atomic E-state index is 12.0. The smallest absolute Gasteiger partial charge is 0.306 e. The fourth-order valence-corrected chi connectivity index (χ4v) is 3.30. The molecule has 6 heteroatoms. The summed E-state index contributed by atoms with van der Waals surface area (Å²) in [6, 6.07) is 4.15. The van der Waals surface area contributed by atoms with E-state index in [9.17, 15) is 10.1 Å². The molecule has 0 aliphatic rings. The first-order valence-electron chi connectivity index (χ1n) is 9.29. The summed E-state index contributed by atoms with van der Waals surface area (Å²) in [5.41, 5.74) is 6.12. The Morgan fingerprint density at radius 1 is 1.46 bits per heavy atom. The minimum Gasteiger partial charge on any atom is -0.465 e. The lowest BCUT2D eigenvalue weighted by atomic mass is 9.88. The molecule has 0 aliphatic carbocycles. The molecule has 1 atom stereocenters. The molecular weight excluding hydrogens is 346 g/mol. The standard InChI is InChI=1S/C20H31N3O2S/c1-5-7-8-15(6-2)13-25-18(24)9-10-26-17-11-16(12-23-19(17)22)20(3,4)14-21/h11-12,15H,5-10,13H2,1-4H3,(H2,22,23). The number of aromatic nitrogens is 1. The Bertz CT molecular complexity index is 626. The monoisotopic (exact) mass is 377 g/mol. The number of carbonyl (C=O) groups is 1. The molecule has 5 nitrogen and oxygen atoms in total. The first-order chi connectivity index (χ1) is 12.3. The van der Waals surface area contributed by atoms with Crippen LogP contribution in [0.25, 0.3) is 0 Å². The minimum absolute atomic E-state index is 0.174. The van der Waals surface area contributed by atoms with Crippen molar-refractivity contribution in [2.24, 2.45) is 5.92 Å². The summed E-state index contributed by atoms with van der Waals surface area (Å²) in [4.78, 5) is 16.9. The van der Waals surface area contributed by atoms with E-state index in [1.54, 1.807) is 6.20 Å². The lowest BCUT2D eigenvalue weighted by Crippen LogP contribution is -2.15. The number of nitrogen functional groups attached to an aromatic ring is 1. The van der Waals surface area contributed by atoms with Crippen LogP contribution in [0.2, 0.25) is 0 Å². The van der Waals surface area contributed by atoms with Crippen LogP contribution < -0.4 is 5.73 Å². The summed E-state index contributed by atoms with van der Waals surface area (Å²) in [6.07, 6.45) is 6.45. The fourth-order valence-electron chi connectivity index (χ4n) is 2.40. The number of hydrogen-bond donors (Lipinski definition) is 1. The van der Waals surface area contributed by atoms with Gasteiger partial charge in [-0.15, -0.1) is 11.8 Å². The molecule has 1 heterocycles. The molecule has 2 N–H and O–H groups in total. The van der Waals surface area contributed by atoms with Gasteiger partial charge in [0, 0.05) is 16.8 Å². The Labute approximate surface area is 161 Å². The third-order valence-corrected chi connectivity index (χ3v) is 5.52. The number of esters is 1. The van der Waals surface area contributed by atoms with Crippen molar-refractivity contribution in [2.45, 2.75) is 70.1 Å². The normalized spacial score (nSPS) is 12.4. The zero-order valence-electron chi connectivity index (χ0n) is 16.4. The minimum atomic E-state index is -0.622. The van der Waals surface area contributed by atoms with Crippen LogP contribution in [0, 0.1) is 17.2 Å². The summed E-state index contributed by atoms with van der Waals surface area (Å²) in [5.74, 6) is 1.28. The SMILES string of the molecule is CCCCC(CC)COC(=O)CCSc1cc(C(C)(C)C#N)cnc1N. The van der Waals surface area contributed by atoms with E-state index in [0.29, 0.717) is 30.5 Å². The van der Waals surface area contributed by atoms with Gasteiger partial charge in [-0.2, -0.15) is 5.26 Å². The zero-order valence-corrected chi connectivity index (χ0v) is 17.2. The maximum Gasteiger partial charge on any atom is 0.306 e. The van der Waals surface area contributed by atoms with Gasteiger partial charge >= 0.3 is 5.97 Å². The van der Waals surface area contributed by atoms with Crippen molar-refractivity contribution in [3.05, 3.63) is 17.8 Å². The molecule has 1 rings (SSSR count). The Hall–Kier alpha value is -1.74. The number of anilines is 1. The van der Waals surface area contributed by atoms with Crippen molar-refractivity contribution in [3.8, 4) is 6.07 Å². The number of thioether (sulfide) groups is 1. The predicted octanol–water partition coefficient (Wildman–Crippen LogP) is 4.71. The third kappa shape index (κ3) is 7.25. The molecule has 0 aromatic carbocycles. The summed E-state index contributed by atoms with van der Waals surface area (Å²) in [6.45, 7) is 8.50. The van der Waals surface area contributed by atoms with Gasteiger partial charge in [-0.25, -0.2) is 4.98 Å². The van der Waals surface area contributed by atoms with Crippen molar-refractivity contribution in [1.29, 1.82) is 5.26 Å². The van der Waals surface area contributed by atoms with Crippen LogP contribution in [0.3, 0.4) is 0 Å². The quantitative estimate of drug-likeness (QED) is 0.444. The summed E-state index contributed by atoms with van der Waals surface area (Å²) in [5, 5.41) is 9.26. The van der Waals surface area contributed by atoms with Gasteiger partial charge in [-0.05, 0) is 37.8 Å². The highest BCUT2D eigenvalue weighted by Crippen LogP contribution is 2.30. The van der Waals surface area contributed by atoms with Gasteiger partial charge in [0.15, 0.2) is 0 Å². The van der Waals surface area contributed by atoms with E-state index in [1.165, 1.54) is 18.2 Å². The van der Waals surface area contributed by atoms with E-state index in [-0.39, 0.29) is 5.97 Å². The molecule has 0 bridgehead atoms. The molecule has 1 unspecified atom stereocenters. The van der Waals surface area contributed by atoms with Gasteiger partial charge in [-0.3, -0.25) is 4.79 Å². The largest absolute Gasteiger partial charge is 0.465 e. The number of unbranched alkanes of at least 4 members (excludes halogenated alkanes) is 1. The van der Waals surface area contributed by atoms with Crippen LogP contribution in [0.4, 0.5) is 5.82 Å². The van der Waals surface area contributed by atoms with Crippen molar-refractivity contribution < 1.29 is 9.53 Å². The Kier molecular flexibility index (Phi) is 9.50. The van der Waals surface area contributed by atoms with Crippen LogP contribution in [-0.4, -0.2) is 23.3 Å². The van der Waals surface area contributed by atoms with Crippen molar-refractivity contribution in [1.82, 2.24) is 4.98 Å². The molecule has 0 amide bonds. The number of pyridine rings is 1. The van der Waals surface area contributed by atoms with Crippen molar-refractivity contribution in [3.63, 3.8) is 0 Å². The van der Waals surface area contributed by atoms with Gasteiger partial charge in [-0.1, -0.05) is 33.1 Å². The number of hydrogen-bond acceptors (Lipinski definition) is 6. The van der Waals surface area contributed by atoms with Crippen LogP contribution in [0.1, 0.15) is 65.4 Å². The van der Waals surface area contributed by atoms with E-state index in [0.717, 1.165) is 29.7 Å². The zero-order chi connectivity index (χ0) is 19.6. The summed E-state index contributed by atoms with van der Waals surface area (Å²) in [7, 11) is 0. The lowest BCUT2D eigenvalue weighted by molar-refractivity contribution is -0.144. The average Bonchev–Trinajstić information content (AvgIpc) is 2.63. The number of ether oxygens (including phenoxy) is 1. The summed E-state index contributed by atoms with van der Waals surface area (Å²) >= 11 is 1.47. The second kappa shape index (κ2) is 11.1. The Morgan fingerprint density at radius 2 is 2.19 bits per heavy atom. The predicted molar refractivity (Wildman–Crippen MR) is 107 cm³/mol. The number of rotatable bonds is 11. The second-order valence-electron chi connectivity index (χ2n) is 7.04. The lowest BCUT2D eigenvalue weighted by Gasteiger charge is -2.17. The molecule has 0 saturated heterocycles. The molecule has 144 valence electrons. The molecule has 0 spiro atoms. The van der Waals surface area contributed by atoms with Crippen LogP contribution >= 0.6 is 11.8 Å². The summed E-state index contributed by atoms with van der Waals surface area (Å²) < 4.78 is 5.41. The highest BCUT2D eigenvalue weighted by atomic mass is 32.2. The highest BCUT2D eigenvalue weighted by molar-refractivity contribution is 7.99. The maximum atomic E-state index is 12.0. The highest BCUT2D eigenvalue weighted by Gasteiger charge is 2.21. The van der Waals surface area contributed by atoms with E-state index in [2.05, 4.69) is 24.9 Å². The van der Waals surface area contributed by atoms with E-state index in [4.69, 9.17) is 10.5 Å². The second-order valence-corrected chi connectivity index (χ2v) is 8.18. The molecular formula is C20H31N3O2S. The fraction of sp³-hybridized carbons (Fsp3) is 0.650. The topological polar surface area (TPSA) is 89.0 Å². The Morgan fingerprint density at radius 3 is 2.81 bits per heavy atom. The van der Waals surface area contributed by atoms with Gasteiger partial charge < -0.3 is 10.5 Å². The first kappa shape index (κ1) is 22.3. The number of carbonyl (C=O) groups excluding carboxylic acids is 1. The van der Waals surface area contributed by atoms with Crippen molar-refractivity contribution >= 4 is 23.5 Å². The molecule has 0 saturated carbocycles. The van der Waals surface area contributed by atoms with E-state index in [1.807, 2.05) is 19.9 Å². The molecule has 0 fully saturated rings. The molecule has 26 heavy (non-hydrogen) atoms. The van der Waals surface area contributed by atoms with Crippen LogP contribution in [0.5, 0.6) is 0 Å². The molecule has 0 aliphatic heterocycles. The number of nitriles is 1. The van der Waals surface area contributed by atoms with E-state index < -0.39 is 5.41 Å². The van der Waals surface area contributed by atoms with Gasteiger partial charge in [0.25, 0.3) is 0 Å². The van der Waals surface area contributed by atoms with Crippen molar-refractivity contribution in [2.75, 3.05) is 18.1 Å². The van der Waals surface area contributed by atoms with Gasteiger partial charge in [0.1, 0.15) is 5.82 Å². The molecule has 0 radical (unpaired) electrons. The van der Waals surface area contributed by atoms with Crippen LogP contribution in [-0.2, 0) is 14.9 Å². The first-order valence-corrected chi connectivity index (χ1v) is 10.3. The Balaban J connectivity index is 2.49. The number of nitrogens with zero attached hydrogens (tertiary/aromatic N) is 2. The molecule has 1 aromatic heterocycles. The number of nitrogens with two attached hydrogens (primary N) is 1.